The number of halogens is 2. The fourth-order valence-corrected chi connectivity index (χ4v) is 5.29. The molecule has 2 amide bonds. The molecule has 4 aromatic rings. The van der Waals surface area contributed by atoms with E-state index in [1.165, 1.54) is 12.1 Å². The van der Waals surface area contributed by atoms with Gasteiger partial charge in [-0.2, -0.15) is 0 Å². The lowest BCUT2D eigenvalue weighted by molar-refractivity contribution is -0.140. The minimum atomic E-state index is -0.508. The van der Waals surface area contributed by atoms with Crippen molar-refractivity contribution in [1.29, 1.82) is 0 Å². The van der Waals surface area contributed by atoms with E-state index in [1.807, 2.05) is 60.7 Å². The number of amides is 2. The van der Waals surface area contributed by atoms with Gasteiger partial charge in [0.15, 0.2) is 0 Å². The molecule has 0 unspecified atom stereocenters. The second kappa shape index (κ2) is 11.8. The molecule has 40 heavy (non-hydrogen) atoms. The third-order valence-corrected chi connectivity index (χ3v) is 7.80. The molecule has 1 aliphatic heterocycles. The highest BCUT2D eigenvalue weighted by Crippen LogP contribution is 2.29. The van der Waals surface area contributed by atoms with Crippen molar-refractivity contribution in [2.24, 2.45) is 0 Å². The first-order valence-corrected chi connectivity index (χ1v) is 13.6. The van der Waals surface area contributed by atoms with Crippen molar-refractivity contribution in [3.05, 3.63) is 120 Å². The number of rotatable bonds is 6. The zero-order valence-electron chi connectivity index (χ0n) is 22.7. The van der Waals surface area contributed by atoms with Crippen molar-refractivity contribution < 1.29 is 18.4 Å². The van der Waals surface area contributed by atoms with Crippen LogP contribution < -0.4 is 0 Å². The molecule has 1 aliphatic rings. The van der Waals surface area contributed by atoms with Gasteiger partial charge < -0.3 is 9.80 Å². The van der Waals surface area contributed by atoms with Crippen molar-refractivity contribution in [2.45, 2.75) is 25.7 Å². The van der Waals surface area contributed by atoms with E-state index in [0.717, 1.165) is 11.1 Å². The second-order valence-electron chi connectivity index (χ2n) is 10.3. The second-order valence-corrected chi connectivity index (χ2v) is 10.3. The third kappa shape index (κ3) is 5.67. The maximum Gasteiger partial charge on any atom is 0.229 e. The van der Waals surface area contributed by atoms with Crippen LogP contribution in [0.1, 0.15) is 36.8 Å². The summed E-state index contributed by atoms with van der Waals surface area (Å²) in [5.41, 5.74) is 3.82. The molecule has 0 N–H and O–H groups in total. The third-order valence-electron chi connectivity index (χ3n) is 7.80. The lowest BCUT2D eigenvalue weighted by Gasteiger charge is -2.37. The molecule has 5 rings (SSSR count). The number of hydrogen-bond donors (Lipinski definition) is 0. The largest absolute Gasteiger partial charge is 0.339 e. The van der Waals surface area contributed by atoms with Crippen LogP contribution in [0.2, 0.25) is 0 Å². The van der Waals surface area contributed by atoms with Gasteiger partial charge in [0.05, 0.1) is 11.8 Å². The molecule has 2 atom stereocenters. The number of benzene rings is 4. The van der Waals surface area contributed by atoms with Gasteiger partial charge in [0.2, 0.25) is 11.8 Å². The monoisotopic (exact) mass is 538 g/mol. The van der Waals surface area contributed by atoms with Crippen molar-refractivity contribution in [3.63, 3.8) is 0 Å². The van der Waals surface area contributed by atoms with Crippen LogP contribution in [0.3, 0.4) is 0 Å². The van der Waals surface area contributed by atoms with E-state index in [-0.39, 0.29) is 23.4 Å². The van der Waals surface area contributed by atoms with Crippen molar-refractivity contribution in [3.8, 4) is 22.3 Å². The summed E-state index contributed by atoms with van der Waals surface area (Å²) in [5.74, 6) is -1.92. The number of hydrogen-bond acceptors (Lipinski definition) is 2. The van der Waals surface area contributed by atoms with E-state index in [4.69, 9.17) is 0 Å². The van der Waals surface area contributed by atoms with Gasteiger partial charge >= 0.3 is 0 Å². The van der Waals surface area contributed by atoms with Crippen molar-refractivity contribution in [1.82, 2.24) is 9.80 Å². The summed E-state index contributed by atoms with van der Waals surface area (Å²) in [6.45, 7) is 5.15. The topological polar surface area (TPSA) is 40.6 Å². The highest BCUT2D eigenvalue weighted by Gasteiger charge is 2.30. The molecule has 0 saturated carbocycles. The molecule has 0 aliphatic carbocycles. The Morgan fingerprint density at radius 2 is 0.925 bits per heavy atom. The first-order chi connectivity index (χ1) is 19.3. The molecule has 4 aromatic carbocycles. The van der Waals surface area contributed by atoms with E-state index < -0.39 is 11.8 Å². The molecule has 1 heterocycles. The minimum Gasteiger partial charge on any atom is -0.339 e. The fourth-order valence-electron chi connectivity index (χ4n) is 5.29. The van der Waals surface area contributed by atoms with Gasteiger partial charge in [0, 0.05) is 37.3 Å². The zero-order valence-corrected chi connectivity index (χ0v) is 22.7. The summed E-state index contributed by atoms with van der Waals surface area (Å²) < 4.78 is 29.8. The molecule has 0 spiro atoms. The van der Waals surface area contributed by atoms with Crippen LogP contribution >= 0.6 is 0 Å². The standard InChI is InChI=1S/C34H32F2N2O2/c1-23(27-13-15-29(31(35)21-27)25-9-5-3-6-10-25)33(39)37-17-19-38(20-18-37)34(40)24(2)28-14-16-30(32(36)22-28)26-11-7-4-8-12-26/h3-16,21-24H,17-20H2,1-2H3/t23-,24+. The molecule has 6 heteroatoms. The van der Waals surface area contributed by atoms with E-state index in [0.29, 0.717) is 48.4 Å². The quantitative estimate of drug-likeness (QED) is 0.269. The molecule has 0 aromatic heterocycles. The molecular weight excluding hydrogens is 506 g/mol. The van der Waals surface area contributed by atoms with Gasteiger partial charge in [0.1, 0.15) is 11.6 Å². The number of piperazine rings is 1. The molecule has 1 saturated heterocycles. The Bertz CT molecular complexity index is 1380. The molecule has 1 fully saturated rings. The van der Waals surface area contributed by atoms with Crippen LogP contribution in [-0.2, 0) is 9.59 Å². The van der Waals surface area contributed by atoms with E-state index in [9.17, 15) is 18.4 Å². The highest BCUT2D eigenvalue weighted by molar-refractivity contribution is 5.86. The summed E-state index contributed by atoms with van der Waals surface area (Å²) in [4.78, 5) is 29.9. The molecule has 204 valence electrons. The van der Waals surface area contributed by atoms with E-state index in [1.54, 1.807) is 47.9 Å². The zero-order chi connectivity index (χ0) is 28.2. The van der Waals surface area contributed by atoms with Crippen LogP contribution in [-0.4, -0.2) is 47.8 Å². The Balaban J connectivity index is 1.19. The average molecular weight is 539 g/mol. The summed E-state index contributed by atoms with van der Waals surface area (Å²) in [7, 11) is 0. The summed E-state index contributed by atoms with van der Waals surface area (Å²) >= 11 is 0. The van der Waals surface area contributed by atoms with E-state index >= 15 is 0 Å². The summed E-state index contributed by atoms with van der Waals surface area (Å²) in [5, 5.41) is 0. The first kappa shape index (κ1) is 27.3. The normalized spacial score (nSPS) is 15.0. The molecule has 0 radical (unpaired) electrons. The Morgan fingerprint density at radius 1 is 0.575 bits per heavy atom. The van der Waals surface area contributed by atoms with Crippen LogP contribution in [0.4, 0.5) is 8.78 Å². The minimum absolute atomic E-state index is 0.0921. The van der Waals surface area contributed by atoms with Crippen LogP contribution in [0, 0.1) is 11.6 Å². The predicted molar refractivity (Wildman–Crippen MR) is 154 cm³/mol. The molecular formula is C34H32F2N2O2. The fraction of sp³-hybridized carbons (Fsp3) is 0.235. The van der Waals surface area contributed by atoms with Crippen molar-refractivity contribution >= 4 is 11.8 Å². The van der Waals surface area contributed by atoms with Crippen LogP contribution in [0.25, 0.3) is 22.3 Å². The van der Waals surface area contributed by atoms with E-state index in [2.05, 4.69) is 0 Å². The number of carbonyl (C=O) groups excluding carboxylic acids is 2. The first-order valence-electron chi connectivity index (χ1n) is 13.6. The van der Waals surface area contributed by atoms with Gasteiger partial charge in [-0.05, 0) is 48.2 Å². The summed E-state index contributed by atoms with van der Waals surface area (Å²) in [6.07, 6.45) is 0. The highest BCUT2D eigenvalue weighted by atomic mass is 19.1. The predicted octanol–water partition coefficient (Wildman–Crippen LogP) is 6.88. The lowest BCUT2D eigenvalue weighted by atomic mass is 9.95. The maximum atomic E-state index is 14.9. The number of nitrogens with zero attached hydrogens (tertiary/aromatic N) is 2. The smallest absolute Gasteiger partial charge is 0.229 e. The van der Waals surface area contributed by atoms with Crippen molar-refractivity contribution in [2.75, 3.05) is 26.2 Å². The lowest BCUT2D eigenvalue weighted by Crippen LogP contribution is -2.52. The van der Waals surface area contributed by atoms with Gasteiger partial charge in [-0.1, -0.05) is 84.9 Å². The van der Waals surface area contributed by atoms with Gasteiger partial charge in [0.25, 0.3) is 0 Å². The average Bonchev–Trinajstić information content (AvgIpc) is 3.00. The van der Waals surface area contributed by atoms with Crippen LogP contribution in [0.5, 0.6) is 0 Å². The van der Waals surface area contributed by atoms with Crippen LogP contribution in [0.15, 0.2) is 97.1 Å². The number of carbonyl (C=O) groups is 2. The molecule has 4 nitrogen and oxygen atoms in total. The van der Waals surface area contributed by atoms with Gasteiger partial charge in [-0.25, -0.2) is 8.78 Å². The molecule has 0 bridgehead atoms. The Hall–Kier alpha value is -4.32. The Kier molecular flexibility index (Phi) is 8.06. The maximum absolute atomic E-state index is 14.9. The Morgan fingerprint density at radius 3 is 1.25 bits per heavy atom. The van der Waals surface area contributed by atoms with Gasteiger partial charge in [-0.15, -0.1) is 0 Å². The Labute approximate surface area is 233 Å². The SMILES string of the molecule is C[C@H](C(=O)N1CCN(C(=O)[C@H](C)c2ccc(-c3ccccc3)c(F)c2)CC1)c1ccc(-c2ccccc2)c(F)c1. The van der Waals surface area contributed by atoms with Gasteiger partial charge in [-0.3, -0.25) is 9.59 Å². The summed E-state index contributed by atoms with van der Waals surface area (Å²) in [6, 6.07) is 28.5.